The van der Waals surface area contributed by atoms with Crippen LogP contribution in [0, 0.1) is 0 Å². The molecule has 3 heterocycles. The Bertz CT molecular complexity index is 725. The van der Waals surface area contributed by atoms with Gasteiger partial charge in [0.05, 0.1) is 6.54 Å². The van der Waals surface area contributed by atoms with Gasteiger partial charge in [0.2, 0.25) is 0 Å². The predicted octanol–water partition coefficient (Wildman–Crippen LogP) is 2.94. The first-order chi connectivity index (χ1) is 12.8. The van der Waals surface area contributed by atoms with Gasteiger partial charge in [-0.1, -0.05) is 13.3 Å². The number of aromatic nitrogens is 4. The lowest BCUT2D eigenvalue weighted by atomic mass is 10.2. The van der Waals surface area contributed by atoms with Gasteiger partial charge in [-0.05, 0) is 25.7 Å². The molecule has 3 rings (SSSR count). The molecule has 1 aliphatic rings. The van der Waals surface area contributed by atoms with Crippen molar-refractivity contribution >= 4 is 41.3 Å². The van der Waals surface area contributed by atoms with E-state index in [9.17, 15) is 0 Å². The van der Waals surface area contributed by atoms with Crippen LogP contribution in [-0.2, 0) is 32.4 Å². The minimum absolute atomic E-state index is 0. The van der Waals surface area contributed by atoms with Crippen LogP contribution < -0.4 is 10.6 Å². The average Bonchev–Trinajstić information content (AvgIpc) is 3.21. The summed E-state index contributed by atoms with van der Waals surface area (Å²) in [5.74, 6) is 3.11. The molecule has 150 valence electrons. The van der Waals surface area contributed by atoms with E-state index in [1.165, 1.54) is 24.1 Å². The molecule has 9 heteroatoms. The number of fused-ring (bicyclic) bond motifs is 1. The summed E-state index contributed by atoms with van der Waals surface area (Å²) in [6, 6.07) is 0. The van der Waals surface area contributed by atoms with E-state index in [2.05, 4.69) is 42.3 Å². The average molecular weight is 503 g/mol. The summed E-state index contributed by atoms with van der Waals surface area (Å²) in [6.07, 6.45) is 9.79. The first-order valence-electron chi connectivity index (χ1n) is 9.59. The van der Waals surface area contributed by atoms with E-state index in [1.807, 2.05) is 6.20 Å². The van der Waals surface area contributed by atoms with Crippen LogP contribution >= 0.6 is 35.3 Å². The summed E-state index contributed by atoms with van der Waals surface area (Å²) in [5, 5.41) is 16.6. The zero-order chi connectivity index (χ0) is 18.2. The van der Waals surface area contributed by atoms with Crippen molar-refractivity contribution in [1.82, 2.24) is 30.4 Å². The summed E-state index contributed by atoms with van der Waals surface area (Å²) >= 11 is 1.75. The fourth-order valence-electron chi connectivity index (χ4n) is 3.16. The maximum absolute atomic E-state index is 4.43. The third kappa shape index (κ3) is 6.41. The van der Waals surface area contributed by atoms with Gasteiger partial charge in [0.15, 0.2) is 5.96 Å². The van der Waals surface area contributed by atoms with E-state index >= 15 is 0 Å². The maximum Gasteiger partial charge on any atom is 0.191 e. The number of hydrogen-bond acceptors (Lipinski definition) is 5. The van der Waals surface area contributed by atoms with Gasteiger partial charge in [-0.25, -0.2) is 4.98 Å². The number of nitrogens with one attached hydrogen (secondary N) is 2. The molecule has 0 amide bonds. The Kier molecular flexibility index (Phi) is 9.46. The van der Waals surface area contributed by atoms with Gasteiger partial charge in [0.25, 0.3) is 0 Å². The lowest BCUT2D eigenvalue weighted by molar-refractivity contribution is 0.594. The number of aryl methyl sites for hydroxylation is 3. The van der Waals surface area contributed by atoms with E-state index < -0.39 is 0 Å². The van der Waals surface area contributed by atoms with Crippen molar-refractivity contribution in [2.45, 2.75) is 65.0 Å². The molecule has 0 atom stereocenters. The topological polar surface area (TPSA) is 80.0 Å². The standard InChI is InChI=1S/C18H29N7S.HI/c1-3-14-12-21-17(26-14)13-22-18(19-2)20-10-7-9-16-24-23-15-8-5-4-6-11-25(15)16;/h12H,3-11,13H2,1-2H3,(H2,19,20,22);1H. The van der Waals surface area contributed by atoms with Crippen molar-refractivity contribution < 1.29 is 0 Å². The number of guanidine groups is 1. The largest absolute Gasteiger partial charge is 0.356 e. The summed E-state index contributed by atoms with van der Waals surface area (Å²) < 4.78 is 2.33. The van der Waals surface area contributed by atoms with E-state index in [-0.39, 0.29) is 24.0 Å². The number of rotatable bonds is 7. The number of aliphatic imine (C=N–C) groups is 1. The first-order valence-corrected chi connectivity index (χ1v) is 10.4. The molecule has 0 radical (unpaired) electrons. The Morgan fingerprint density at radius 2 is 2.15 bits per heavy atom. The Balaban J connectivity index is 0.00000261. The molecule has 2 aromatic rings. The molecule has 2 aromatic heterocycles. The molecule has 0 bridgehead atoms. The van der Waals surface area contributed by atoms with Crippen molar-refractivity contribution in [3.05, 3.63) is 27.7 Å². The lowest BCUT2D eigenvalue weighted by Gasteiger charge is -2.11. The van der Waals surface area contributed by atoms with Gasteiger partial charge in [-0.2, -0.15) is 0 Å². The van der Waals surface area contributed by atoms with Gasteiger partial charge >= 0.3 is 0 Å². The highest BCUT2D eigenvalue weighted by atomic mass is 127. The minimum atomic E-state index is 0. The summed E-state index contributed by atoms with van der Waals surface area (Å²) in [6.45, 7) is 4.79. The summed E-state index contributed by atoms with van der Waals surface area (Å²) in [4.78, 5) is 10.0. The Morgan fingerprint density at radius 3 is 2.93 bits per heavy atom. The van der Waals surface area contributed by atoms with Gasteiger partial charge in [-0.3, -0.25) is 4.99 Å². The Morgan fingerprint density at radius 1 is 1.26 bits per heavy atom. The predicted molar refractivity (Wildman–Crippen MR) is 121 cm³/mol. The number of halogens is 1. The molecule has 0 unspecified atom stereocenters. The van der Waals surface area contributed by atoms with Gasteiger partial charge in [0.1, 0.15) is 16.7 Å². The van der Waals surface area contributed by atoms with Gasteiger partial charge in [-0.15, -0.1) is 45.5 Å². The molecule has 1 aliphatic heterocycles. The van der Waals surface area contributed by atoms with Crippen molar-refractivity contribution in [3.63, 3.8) is 0 Å². The molecule has 27 heavy (non-hydrogen) atoms. The highest BCUT2D eigenvalue weighted by molar-refractivity contribution is 14.0. The van der Waals surface area contributed by atoms with Crippen LogP contribution in [0.3, 0.4) is 0 Å². The Hall–Kier alpha value is -1.23. The van der Waals surface area contributed by atoms with Crippen LogP contribution in [0.1, 0.15) is 54.1 Å². The normalized spacial score (nSPS) is 14.2. The van der Waals surface area contributed by atoms with Crippen molar-refractivity contribution in [3.8, 4) is 0 Å². The molecule has 0 saturated carbocycles. The van der Waals surface area contributed by atoms with Crippen LogP contribution in [-0.4, -0.2) is 39.3 Å². The van der Waals surface area contributed by atoms with E-state index in [4.69, 9.17) is 0 Å². The lowest BCUT2D eigenvalue weighted by Crippen LogP contribution is -2.37. The molecule has 7 nitrogen and oxygen atoms in total. The summed E-state index contributed by atoms with van der Waals surface area (Å²) in [7, 11) is 1.80. The van der Waals surface area contributed by atoms with Crippen LogP contribution in [0.25, 0.3) is 0 Å². The minimum Gasteiger partial charge on any atom is -0.356 e. The fraction of sp³-hybridized carbons (Fsp3) is 0.667. The monoisotopic (exact) mass is 503 g/mol. The second-order valence-electron chi connectivity index (χ2n) is 6.52. The number of thiazole rings is 1. The van der Waals surface area contributed by atoms with Gasteiger partial charge < -0.3 is 15.2 Å². The van der Waals surface area contributed by atoms with Crippen LogP contribution in [0.4, 0.5) is 0 Å². The highest BCUT2D eigenvalue weighted by Gasteiger charge is 2.14. The molecular weight excluding hydrogens is 473 g/mol. The Labute approximate surface area is 182 Å². The van der Waals surface area contributed by atoms with E-state index in [0.717, 1.165) is 61.4 Å². The van der Waals surface area contributed by atoms with Crippen molar-refractivity contribution in [2.75, 3.05) is 13.6 Å². The third-order valence-corrected chi connectivity index (χ3v) is 5.78. The molecule has 0 fully saturated rings. The third-order valence-electron chi connectivity index (χ3n) is 4.64. The highest BCUT2D eigenvalue weighted by Crippen LogP contribution is 2.15. The zero-order valence-corrected chi connectivity index (χ0v) is 19.3. The van der Waals surface area contributed by atoms with Crippen molar-refractivity contribution in [2.24, 2.45) is 4.99 Å². The fourth-order valence-corrected chi connectivity index (χ4v) is 3.96. The molecule has 2 N–H and O–H groups in total. The molecule has 0 aromatic carbocycles. The second kappa shape index (κ2) is 11.6. The zero-order valence-electron chi connectivity index (χ0n) is 16.2. The van der Waals surface area contributed by atoms with Crippen LogP contribution in [0.15, 0.2) is 11.2 Å². The van der Waals surface area contributed by atoms with Gasteiger partial charge in [0, 0.05) is 44.1 Å². The maximum atomic E-state index is 4.43. The van der Waals surface area contributed by atoms with Crippen LogP contribution in [0.5, 0.6) is 0 Å². The SMILES string of the molecule is CCc1cnc(CNC(=NC)NCCCc2nnc3n2CCCCC3)s1.I. The van der Waals surface area contributed by atoms with E-state index in [0.29, 0.717) is 6.54 Å². The number of nitrogens with zero attached hydrogens (tertiary/aromatic N) is 5. The van der Waals surface area contributed by atoms with Crippen molar-refractivity contribution in [1.29, 1.82) is 0 Å². The molecular formula is C18H30IN7S. The molecule has 0 spiro atoms. The van der Waals surface area contributed by atoms with Crippen LogP contribution in [0.2, 0.25) is 0 Å². The molecule has 0 saturated heterocycles. The quantitative estimate of drug-likeness (QED) is 0.263. The summed E-state index contributed by atoms with van der Waals surface area (Å²) in [5.41, 5.74) is 0. The first kappa shape index (κ1) is 22.1. The van der Waals surface area contributed by atoms with E-state index in [1.54, 1.807) is 18.4 Å². The second-order valence-corrected chi connectivity index (χ2v) is 7.72. The smallest absolute Gasteiger partial charge is 0.191 e. The number of hydrogen-bond donors (Lipinski definition) is 2. The molecule has 0 aliphatic carbocycles.